The Bertz CT molecular complexity index is 147. The molecule has 4 atom stereocenters. The van der Waals surface area contributed by atoms with Crippen LogP contribution in [0.3, 0.4) is 0 Å². The molecular weight excluding hydrogens is 282 g/mol. The first kappa shape index (κ1) is 22.2. The Labute approximate surface area is 120 Å². The molecule has 0 unspecified atom stereocenters. The van der Waals surface area contributed by atoms with Gasteiger partial charge >= 0.3 is 52.6 Å². The van der Waals surface area contributed by atoms with Crippen LogP contribution in [-0.2, 0) is 18.8 Å². The van der Waals surface area contributed by atoms with Crippen LogP contribution in [0.15, 0.2) is 0 Å². The third kappa shape index (κ3) is 10.2. The summed E-state index contributed by atoms with van der Waals surface area (Å²) in [7, 11) is 0. The molecule has 0 radical (unpaired) electrons. The Morgan fingerprint density at radius 2 is 1.56 bits per heavy atom. The van der Waals surface area contributed by atoms with Gasteiger partial charge in [-0.2, -0.15) is 6.61 Å². The molecule has 10 heteroatoms. The average molecular weight is 295 g/mol. The zero-order valence-corrected chi connectivity index (χ0v) is 11.5. The number of aliphatic hydroxyl groups is 6. The molecule has 0 fully saturated rings. The van der Waals surface area contributed by atoms with E-state index < -0.39 is 46.0 Å². The van der Waals surface area contributed by atoms with Crippen molar-refractivity contribution in [2.45, 2.75) is 24.4 Å². The monoisotopic (exact) mass is 295 g/mol. The van der Waals surface area contributed by atoms with Crippen LogP contribution in [0, 0.1) is 6.61 Å². The first-order valence-electron chi connectivity index (χ1n) is 3.62. The molecule has 0 aromatic rings. The molecule has 0 aliphatic carbocycles. The van der Waals surface area contributed by atoms with Gasteiger partial charge < -0.3 is 30.6 Å². The fourth-order valence-electron chi connectivity index (χ4n) is 0.626. The zero-order chi connectivity index (χ0) is 12.4. The van der Waals surface area contributed by atoms with E-state index in [0.29, 0.717) is 0 Å². The van der Waals surface area contributed by atoms with Crippen molar-refractivity contribution in [3.8, 4) is 0 Å². The topological polar surface area (TPSA) is 162 Å². The fourth-order valence-corrected chi connectivity index (χ4v) is 0.626. The second kappa shape index (κ2) is 14.1. The van der Waals surface area contributed by atoms with Gasteiger partial charge in [0.2, 0.25) is 0 Å². The van der Waals surface area contributed by atoms with Crippen molar-refractivity contribution >= 4 is 0 Å². The Morgan fingerprint density at radius 3 is 1.81 bits per heavy atom. The van der Waals surface area contributed by atoms with Crippen LogP contribution in [0.1, 0.15) is 0 Å². The number of hydrogen-bond acceptors (Lipinski definition) is 8. The Morgan fingerprint density at radius 1 is 1.19 bits per heavy atom. The van der Waals surface area contributed by atoms with Gasteiger partial charge in [0.1, 0.15) is 12.2 Å². The van der Waals surface area contributed by atoms with Crippen LogP contribution >= 0.6 is 0 Å². The molecule has 0 bridgehead atoms. The molecule has 0 saturated carbocycles. The SMILES string of the molecule is O[CH-][C@H](O)[C@@H](O)[C@H](O)[C@H](O)CO.[Na+].[O]=[Co][O-]. The molecule has 0 aromatic carbocycles. The van der Waals surface area contributed by atoms with Gasteiger partial charge in [-0.1, -0.05) is 0 Å². The van der Waals surface area contributed by atoms with Crippen molar-refractivity contribution in [1.29, 1.82) is 0 Å². The van der Waals surface area contributed by atoms with Gasteiger partial charge in [-0.05, 0) is 6.10 Å². The number of hydrogen-bond donors (Lipinski definition) is 6. The Balaban J connectivity index is -0.000000377. The van der Waals surface area contributed by atoms with Crippen LogP contribution in [0.4, 0.5) is 0 Å². The standard InChI is InChI=1S/C6H13O6.Co.Na.2O/c7-1-3(9)5(11)6(12)4(10)2-8;;;;/h1,3-12H,2H2;;;;/q-1;;+1;;-1/t3-,4+,5+,6+;;;;/m0..../s1. The summed E-state index contributed by atoms with van der Waals surface area (Å²) in [5.41, 5.74) is 0. The molecule has 0 heterocycles. The van der Waals surface area contributed by atoms with Gasteiger partial charge in [-0.25, -0.2) is 0 Å². The summed E-state index contributed by atoms with van der Waals surface area (Å²) in [6.45, 7) is -0.464. The summed E-state index contributed by atoms with van der Waals surface area (Å²) in [5, 5.41) is 51.9. The molecule has 0 aliphatic rings. The maximum absolute atomic E-state index is 8.94. The molecule has 0 saturated heterocycles. The molecule has 96 valence electrons. The van der Waals surface area contributed by atoms with Gasteiger partial charge in [-0.15, -0.1) is 0 Å². The van der Waals surface area contributed by atoms with Crippen molar-refractivity contribution in [1.82, 2.24) is 0 Å². The second-order valence-electron chi connectivity index (χ2n) is 2.43. The second-order valence-corrected chi connectivity index (χ2v) is 2.60. The fraction of sp³-hybridized carbons (Fsp3) is 0.833. The van der Waals surface area contributed by atoms with Crippen molar-refractivity contribution in [2.75, 3.05) is 6.61 Å². The molecule has 8 nitrogen and oxygen atoms in total. The van der Waals surface area contributed by atoms with Crippen LogP contribution in [-0.4, -0.2) is 61.7 Å². The van der Waals surface area contributed by atoms with Crippen molar-refractivity contribution in [3.63, 3.8) is 0 Å². The summed E-state index contributed by atoms with van der Waals surface area (Å²) in [6.07, 6.45) is -6.62. The summed E-state index contributed by atoms with van der Waals surface area (Å²) in [5.74, 6) is 0. The molecular formula is C6H13CoNaO8-. The van der Waals surface area contributed by atoms with E-state index in [0.717, 1.165) is 0 Å². The predicted octanol–water partition coefficient (Wildman–Crippen LogP) is -7.35. The summed E-state index contributed by atoms with van der Waals surface area (Å²) in [4.78, 5) is 0. The third-order valence-corrected chi connectivity index (χ3v) is 1.43. The van der Waals surface area contributed by atoms with E-state index >= 15 is 0 Å². The van der Waals surface area contributed by atoms with Gasteiger partial charge in [0.05, 0.1) is 12.7 Å². The number of rotatable bonds is 5. The van der Waals surface area contributed by atoms with E-state index in [2.05, 4.69) is 0 Å². The van der Waals surface area contributed by atoms with Gasteiger partial charge in [-0.3, -0.25) is 0 Å². The summed E-state index contributed by atoms with van der Waals surface area (Å²) in [6, 6.07) is 0. The van der Waals surface area contributed by atoms with E-state index in [1.165, 1.54) is 0 Å². The molecule has 16 heavy (non-hydrogen) atoms. The normalized spacial score (nSPS) is 17.4. The van der Waals surface area contributed by atoms with E-state index in [9.17, 15) is 0 Å². The van der Waals surface area contributed by atoms with Crippen LogP contribution in [0.5, 0.6) is 0 Å². The van der Waals surface area contributed by atoms with Crippen LogP contribution in [0.2, 0.25) is 0 Å². The molecule has 0 aromatic heterocycles. The quantitative estimate of drug-likeness (QED) is 0.215. The van der Waals surface area contributed by atoms with E-state index in [-0.39, 0.29) is 36.2 Å². The minimum absolute atomic E-state index is 0. The molecule has 0 spiro atoms. The number of aliphatic hydroxyl groups excluding tert-OH is 6. The van der Waals surface area contributed by atoms with Crippen molar-refractivity contribution in [2.24, 2.45) is 0 Å². The van der Waals surface area contributed by atoms with E-state index in [1.807, 2.05) is 0 Å². The Kier molecular flexibility index (Phi) is 19.6. The molecule has 0 amide bonds. The van der Waals surface area contributed by atoms with Crippen LogP contribution in [0.25, 0.3) is 0 Å². The van der Waals surface area contributed by atoms with E-state index in [4.69, 9.17) is 38.7 Å². The van der Waals surface area contributed by atoms with Gasteiger partial charge in [0.15, 0.2) is 0 Å². The van der Waals surface area contributed by atoms with E-state index in [1.54, 1.807) is 0 Å². The summed E-state index contributed by atoms with van der Waals surface area (Å²) < 4.78 is 16.7. The third-order valence-electron chi connectivity index (χ3n) is 1.43. The first-order chi connectivity index (χ1) is 6.95. The average Bonchev–Trinajstić information content (AvgIpc) is 2.25. The Hall–Kier alpha value is 1.03. The minimum atomic E-state index is -1.72. The maximum atomic E-state index is 8.94. The van der Waals surface area contributed by atoms with Crippen LogP contribution < -0.4 is 33.8 Å². The molecule has 0 aliphatic heterocycles. The van der Waals surface area contributed by atoms with Gasteiger partial charge in [0, 0.05) is 0 Å². The molecule has 0 rings (SSSR count). The van der Waals surface area contributed by atoms with Crippen molar-refractivity contribution < 1.29 is 83.2 Å². The zero-order valence-electron chi connectivity index (χ0n) is 8.43. The predicted molar refractivity (Wildman–Crippen MR) is 38.0 cm³/mol. The first-order valence-corrected chi connectivity index (χ1v) is 4.47. The summed E-state index contributed by atoms with van der Waals surface area (Å²) >= 11 is -1.06. The molecule has 6 N–H and O–H groups in total. The van der Waals surface area contributed by atoms with Gasteiger partial charge in [0.25, 0.3) is 0 Å². The van der Waals surface area contributed by atoms with Crippen molar-refractivity contribution in [3.05, 3.63) is 6.61 Å².